The molecule has 0 aliphatic carbocycles. The maximum atomic E-state index is 12.7. The van der Waals surface area contributed by atoms with Crippen molar-refractivity contribution < 1.29 is 33.1 Å². The Morgan fingerprint density at radius 1 is 1.00 bits per heavy atom. The molecule has 2 aromatic carbocycles. The van der Waals surface area contributed by atoms with Crippen LogP contribution in [0.2, 0.25) is 0 Å². The molecular formula is C25H22N2O7. The predicted molar refractivity (Wildman–Crippen MR) is 119 cm³/mol. The Balaban J connectivity index is 1.44. The zero-order valence-electron chi connectivity index (χ0n) is 18.6. The number of nitrogens with zero attached hydrogens (tertiary/aromatic N) is 2. The van der Waals surface area contributed by atoms with Gasteiger partial charge in [-0.3, -0.25) is 19.3 Å². The Kier molecular flexibility index (Phi) is 6.44. The van der Waals surface area contributed by atoms with E-state index >= 15 is 0 Å². The molecule has 4 rings (SSSR count). The first kappa shape index (κ1) is 22.8. The molecule has 0 fully saturated rings. The highest BCUT2D eigenvalue weighted by molar-refractivity contribution is 6.21. The van der Waals surface area contributed by atoms with E-state index in [4.69, 9.17) is 13.9 Å². The zero-order chi connectivity index (χ0) is 24.2. The van der Waals surface area contributed by atoms with Crippen molar-refractivity contribution in [2.75, 3.05) is 20.8 Å². The van der Waals surface area contributed by atoms with Gasteiger partial charge in [0.1, 0.15) is 17.1 Å². The molecule has 34 heavy (non-hydrogen) atoms. The molecule has 1 aromatic heterocycles. The van der Waals surface area contributed by atoms with E-state index in [1.807, 2.05) is 0 Å². The van der Waals surface area contributed by atoms with Gasteiger partial charge in [0, 0.05) is 7.05 Å². The Labute approximate surface area is 195 Å². The van der Waals surface area contributed by atoms with E-state index in [0.717, 1.165) is 4.90 Å². The molecule has 0 bridgehead atoms. The molecule has 0 saturated heterocycles. The van der Waals surface area contributed by atoms with Crippen LogP contribution >= 0.6 is 0 Å². The third-order valence-electron chi connectivity index (χ3n) is 5.43. The lowest BCUT2D eigenvalue weighted by molar-refractivity contribution is -0.134. The van der Waals surface area contributed by atoms with Gasteiger partial charge < -0.3 is 18.8 Å². The summed E-state index contributed by atoms with van der Waals surface area (Å²) in [6.45, 7) is -0.258. The van der Waals surface area contributed by atoms with Gasteiger partial charge in [-0.15, -0.1) is 0 Å². The fraction of sp³-hybridized carbons (Fsp3) is 0.200. The van der Waals surface area contributed by atoms with Gasteiger partial charge in [0.2, 0.25) is 0 Å². The number of methoxy groups -OCH3 is 1. The molecule has 9 nitrogen and oxygen atoms in total. The standard InChI is InChI=1S/C25H22N2O7/c1-26(14-17-6-5-11-33-17)22(28)15-34-25(31)20-12-16(9-10-21(20)32-2)13-27-23(29)18-7-3-4-8-19(18)24(27)30/h3-12H,13-15H2,1-2H3. The summed E-state index contributed by atoms with van der Waals surface area (Å²) in [4.78, 5) is 52.9. The maximum Gasteiger partial charge on any atom is 0.342 e. The summed E-state index contributed by atoms with van der Waals surface area (Å²) in [5, 5.41) is 0. The molecule has 3 amide bonds. The van der Waals surface area contributed by atoms with Crippen LogP contribution in [-0.2, 0) is 22.6 Å². The molecule has 0 N–H and O–H groups in total. The lowest BCUT2D eigenvalue weighted by Gasteiger charge is -2.17. The smallest absolute Gasteiger partial charge is 0.342 e. The van der Waals surface area contributed by atoms with E-state index in [-0.39, 0.29) is 24.4 Å². The molecule has 9 heteroatoms. The number of hydrogen-bond donors (Lipinski definition) is 0. The minimum absolute atomic E-state index is 0.0264. The molecule has 3 aromatic rings. The molecule has 0 saturated carbocycles. The van der Waals surface area contributed by atoms with Crippen molar-refractivity contribution in [2.24, 2.45) is 0 Å². The van der Waals surface area contributed by atoms with E-state index in [1.165, 1.54) is 24.3 Å². The van der Waals surface area contributed by atoms with E-state index in [9.17, 15) is 19.2 Å². The third-order valence-corrected chi connectivity index (χ3v) is 5.43. The van der Waals surface area contributed by atoms with Gasteiger partial charge in [0.05, 0.1) is 37.6 Å². The number of carbonyl (C=O) groups excluding carboxylic acids is 4. The molecule has 174 valence electrons. The summed E-state index contributed by atoms with van der Waals surface area (Å²) in [5.74, 6) is -1.12. The second-order valence-corrected chi connectivity index (χ2v) is 7.68. The van der Waals surface area contributed by atoms with Crippen LogP contribution in [0.3, 0.4) is 0 Å². The lowest BCUT2D eigenvalue weighted by atomic mass is 10.1. The Bertz CT molecular complexity index is 1210. The number of fused-ring (bicyclic) bond motifs is 1. The van der Waals surface area contributed by atoms with E-state index in [1.54, 1.807) is 55.6 Å². The first-order valence-corrected chi connectivity index (χ1v) is 10.4. The van der Waals surface area contributed by atoms with E-state index in [0.29, 0.717) is 22.5 Å². The monoisotopic (exact) mass is 462 g/mol. The van der Waals surface area contributed by atoms with Crippen LogP contribution in [0.25, 0.3) is 0 Å². The number of rotatable bonds is 8. The first-order valence-electron chi connectivity index (χ1n) is 10.4. The molecule has 1 aliphatic rings. The number of esters is 1. The van der Waals surface area contributed by atoms with Crippen LogP contribution in [-0.4, -0.2) is 54.3 Å². The van der Waals surface area contributed by atoms with Crippen LogP contribution in [0.15, 0.2) is 65.3 Å². The van der Waals surface area contributed by atoms with Crippen LogP contribution in [0.1, 0.15) is 42.4 Å². The largest absolute Gasteiger partial charge is 0.496 e. The number of likely N-dealkylation sites (N-methyl/N-ethyl adjacent to an activating group) is 1. The molecular weight excluding hydrogens is 440 g/mol. The van der Waals surface area contributed by atoms with Gasteiger partial charge in [0.25, 0.3) is 17.7 Å². The highest BCUT2D eigenvalue weighted by atomic mass is 16.5. The average molecular weight is 462 g/mol. The highest BCUT2D eigenvalue weighted by Crippen LogP contribution is 2.26. The van der Waals surface area contributed by atoms with Crippen LogP contribution in [0, 0.1) is 0 Å². The summed E-state index contributed by atoms with van der Waals surface area (Å²) in [6.07, 6.45) is 1.51. The van der Waals surface area contributed by atoms with Crippen molar-refractivity contribution in [3.05, 3.63) is 88.9 Å². The molecule has 0 unspecified atom stereocenters. The van der Waals surface area contributed by atoms with Crippen molar-refractivity contribution in [1.29, 1.82) is 0 Å². The van der Waals surface area contributed by atoms with Gasteiger partial charge in [-0.05, 0) is 42.0 Å². The fourth-order valence-corrected chi connectivity index (χ4v) is 3.62. The summed E-state index contributed by atoms with van der Waals surface area (Å²) < 4.78 is 15.7. The van der Waals surface area contributed by atoms with Gasteiger partial charge >= 0.3 is 5.97 Å². The number of ether oxygens (including phenoxy) is 2. The van der Waals surface area contributed by atoms with Gasteiger partial charge in [0.15, 0.2) is 6.61 Å². The second-order valence-electron chi connectivity index (χ2n) is 7.68. The quantitative estimate of drug-likeness (QED) is 0.374. The minimum Gasteiger partial charge on any atom is -0.496 e. The summed E-state index contributed by atoms with van der Waals surface area (Å²) in [5.41, 5.74) is 1.30. The molecule has 2 heterocycles. The number of furan rings is 1. The van der Waals surface area contributed by atoms with Crippen molar-refractivity contribution in [2.45, 2.75) is 13.1 Å². The molecule has 1 aliphatic heterocycles. The number of imide groups is 1. The Morgan fingerprint density at radius 2 is 1.71 bits per heavy atom. The van der Waals surface area contributed by atoms with Gasteiger partial charge in [-0.2, -0.15) is 0 Å². The third kappa shape index (κ3) is 4.54. The fourth-order valence-electron chi connectivity index (χ4n) is 3.62. The van der Waals surface area contributed by atoms with Crippen molar-refractivity contribution in [1.82, 2.24) is 9.80 Å². The average Bonchev–Trinajstić information content (AvgIpc) is 3.45. The van der Waals surface area contributed by atoms with Crippen LogP contribution in [0.5, 0.6) is 5.75 Å². The summed E-state index contributed by atoms with van der Waals surface area (Å²) >= 11 is 0. The van der Waals surface area contributed by atoms with E-state index in [2.05, 4.69) is 0 Å². The van der Waals surface area contributed by atoms with Gasteiger partial charge in [-0.25, -0.2) is 4.79 Å². The second kappa shape index (κ2) is 9.62. The zero-order valence-corrected chi connectivity index (χ0v) is 18.6. The minimum atomic E-state index is -0.763. The molecule has 0 atom stereocenters. The van der Waals surface area contributed by atoms with Crippen molar-refractivity contribution in [3.8, 4) is 5.75 Å². The maximum absolute atomic E-state index is 12.7. The van der Waals surface area contributed by atoms with Crippen LogP contribution in [0.4, 0.5) is 0 Å². The summed E-state index contributed by atoms with van der Waals surface area (Å²) in [6, 6.07) is 14.7. The molecule has 0 spiro atoms. The van der Waals surface area contributed by atoms with Crippen molar-refractivity contribution in [3.63, 3.8) is 0 Å². The normalized spacial score (nSPS) is 12.5. The topological polar surface area (TPSA) is 106 Å². The molecule has 0 radical (unpaired) electrons. The number of amides is 3. The lowest BCUT2D eigenvalue weighted by Crippen LogP contribution is -2.31. The number of benzene rings is 2. The first-order chi connectivity index (χ1) is 16.4. The predicted octanol–water partition coefficient (Wildman–Crippen LogP) is 2.90. The Hall–Kier alpha value is -4.40. The van der Waals surface area contributed by atoms with Crippen LogP contribution < -0.4 is 4.74 Å². The van der Waals surface area contributed by atoms with Gasteiger partial charge in [-0.1, -0.05) is 18.2 Å². The summed E-state index contributed by atoms with van der Waals surface area (Å²) in [7, 11) is 2.97. The number of carbonyl (C=O) groups is 4. The highest BCUT2D eigenvalue weighted by Gasteiger charge is 2.35. The SMILES string of the molecule is COc1ccc(CN2C(=O)c3ccccc3C2=O)cc1C(=O)OCC(=O)N(C)Cc1ccco1. The van der Waals surface area contributed by atoms with Crippen molar-refractivity contribution >= 4 is 23.7 Å². The number of hydrogen-bond acceptors (Lipinski definition) is 7. The Morgan fingerprint density at radius 3 is 2.32 bits per heavy atom. The van der Waals surface area contributed by atoms with E-state index < -0.39 is 30.3 Å².